The maximum Gasteiger partial charge on any atom is 0.435 e. The minimum atomic E-state index is -4.94. The summed E-state index contributed by atoms with van der Waals surface area (Å²) in [5.41, 5.74) is -1.18. The number of imidazole rings is 1. The summed E-state index contributed by atoms with van der Waals surface area (Å²) >= 11 is 0. The van der Waals surface area contributed by atoms with Crippen LogP contribution in [0, 0.1) is 5.92 Å². The number of anilines is 1. The van der Waals surface area contributed by atoms with Crippen molar-refractivity contribution in [1.29, 1.82) is 0 Å². The van der Waals surface area contributed by atoms with Gasteiger partial charge in [-0.05, 0) is 43.1 Å². The number of nitrogens with zero attached hydrogens (tertiary/aromatic N) is 5. The highest BCUT2D eigenvalue weighted by atomic mass is 19.4. The van der Waals surface area contributed by atoms with E-state index in [4.69, 9.17) is 0 Å². The number of alkyl halides is 5. The Morgan fingerprint density at radius 1 is 1.11 bits per heavy atom. The van der Waals surface area contributed by atoms with Gasteiger partial charge in [-0.25, -0.2) is 13.8 Å². The fraction of sp³-hybridized carbons (Fsp3) is 0.483. The molecular weight excluding hydrogens is 603 g/mol. The van der Waals surface area contributed by atoms with Crippen molar-refractivity contribution in [2.24, 2.45) is 13.0 Å². The number of carbonyl (C=O) groups is 3. The maximum absolute atomic E-state index is 13.6. The quantitative estimate of drug-likeness (QED) is 0.326. The van der Waals surface area contributed by atoms with Crippen LogP contribution < -0.4 is 10.6 Å². The summed E-state index contributed by atoms with van der Waals surface area (Å²) in [5, 5.41) is 11.1. The van der Waals surface area contributed by atoms with E-state index in [9.17, 15) is 36.3 Å². The first-order valence-corrected chi connectivity index (χ1v) is 14.6. The lowest BCUT2D eigenvalue weighted by Crippen LogP contribution is -2.52. The van der Waals surface area contributed by atoms with Crippen LogP contribution in [0.3, 0.4) is 0 Å². The Morgan fingerprint density at radius 3 is 2.44 bits per heavy atom. The van der Waals surface area contributed by atoms with Crippen molar-refractivity contribution in [1.82, 2.24) is 34.9 Å². The normalized spacial score (nSPS) is 17.3. The number of hydrogen-bond donors (Lipinski definition) is 3. The summed E-state index contributed by atoms with van der Waals surface area (Å²) < 4.78 is 68.1. The molecule has 2 fully saturated rings. The van der Waals surface area contributed by atoms with Crippen molar-refractivity contribution in [2.45, 2.75) is 38.8 Å². The third-order valence-electron chi connectivity index (χ3n) is 8.18. The molecule has 242 valence electrons. The number of rotatable bonds is 8. The summed E-state index contributed by atoms with van der Waals surface area (Å²) in [7, 11) is 1.30. The smallest absolute Gasteiger partial charge is 0.339 e. The molecule has 0 radical (unpaired) electrons. The minimum Gasteiger partial charge on any atom is -0.339 e. The standard InChI is InChI=1S/C29H33F5N8O3/c1-3-16-12-18(4-5-19(16)28(45)42-10-8-41(9-11-42)27(44)17-6-7-35-14-17)37-26(43)25-36-15-21(40(25)2)23-20(13-22(30)31)38-39-24(23)29(32,33)34/h4-5,12,15,17,22,35H,3,6-11,13-14H2,1-2H3,(H,37,43)(H,38,39)/t17-/m1/s1. The van der Waals surface area contributed by atoms with E-state index < -0.39 is 41.9 Å². The number of nitrogens with one attached hydrogen (secondary N) is 3. The van der Waals surface area contributed by atoms with Crippen molar-refractivity contribution < 1.29 is 36.3 Å². The second kappa shape index (κ2) is 12.9. The van der Waals surface area contributed by atoms with Gasteiger partial charge in [-0.15, -0.1) is 0 Å². The molecule has 11 nitrogen and oxygen atoms in total. The van der Waals surface area contributed by atoms with Gasteiger partial charge in [0.25, 0.3) is 11.8 Å². The summed E-state index contributed by atoms with van der Waals surface area (Å²) in [6.07, 6.45) is -6.58. The number of aryl methyl sites for hydroxylation is 1. The molecule has 1 atom stereocenters. The van der Waals surface area contributed by atoms with Crippen LogP contribution in [0.4, 0.5) is 27.6 Å². The predicted molar refractivity (Wildman–Crippen MR) is 153 cm³/mol. The van der Waals surface area contributed by atoms with E-state index in [1.165, 1.54) is 7.05 Å². The number of H-pyrrole nitrogens is 1. The van der Waals surface area contributed by atoms with Gasteiger partial charge < -0.3 is 25.0 Å². The molecule has 0 unspecified atom stereocenters. The average molecular weight is 637 g/mol. The fourth-order valence-electron chi connectivity index (χ4n) is 5.80. The molecule has 0 spiro atoms. The molecule has 45 heavy (non-hydrogen) atoms. The Bertz CT molecular complexity index is 1570. The first kappa shape index (κ1) is 32.1. The Kier molecular flexibility index (Phi) is 9.23. The zero-order chi connectivity index (χ0) is 32.5. The van der Waals surface area contributed by atoms with Crippen molar-refractivity contribution in [3.8, 4) is 11.3 Å². The highest BCUT2D eigenvalue weighted by molar-refractivity contribution is 6.03. The molecule has 2 saturated heterocycles. The molecule has 5 rings (SSSR count). The number of aromatic nitrogens is 4. The number of aromatic amines is 1. The van der Waals surface area contributed by atoms with Gasteiger partial charge in [0.2, 0.25) is 12.3 Å². The number of piperazine rings is 1. The van der Waals surface area contributed by atoms with Gasteiger partial charge in [0.15, 0.2) is 11.5 Å². The van der Waals surface area contributed by atoms with E-state index in [0.29, 0.717) is 56.0 Å². The predicted octanol–water partition coefficient (Wildman–Crippen LogP) is 3.35. The molecule has 16 heteroatoms. The number of halogens is 5. The van der Waals surface area contributed by atoms with Gasteiger partial charge in [-0.1, -0.05) is 6.92 Å². The van der Waals surface area contributed by atoms with Crippen molar-refractivity contribution in [3.05, 3.63) is 52.7 Å². The van der Waals surface area contributed by atoms with Crippen molar-refractivity contribution in [2.75, 3.05) is 44.6 Å². The van der Waals surface area contributed by atoms with E-state index in [0.717, 1.165) is 23.7 Å². The molecule has 1 aromatic carbocycles. The minimum absolute atomic E-state index is 0.0231. The molecule has 0 aliphatic carbocycles. The lowest BCUT2D eigenvalue weighted by molar-refractivity contribution is -0.140. The van der Waals surface area contributed by atoms with Gasteiger partial charge >= 0.3 is 6.18 Å². The SMILES string of the molecule is CCc1cc(NC(=O)c2ncc(-c3c(C(F)(F)F)n[nH]c3CC(F)F)n2C)ccc1C(=O)N1CCN(C(=O)[C@@H]2CCNC2)CC1. The molecule has 4 heterocycles. The Morgan fingerprint density at radius 2 is 1.82 bits per heavy atom. The number of benzene rings is 1. The lowest BCUT2D eigenvalue weighted by Gasteiger charge is -2.36. The summed E-state index contributed by atoms with van der Waals surface area (Å²) in [6.45, 7) is 5.07. The third kappa shape index (κ3) is 6.70. The molecule has 0 bridgehead atoms. The van der Waals surface area contributed by atoms with E-state index in [1.54, 1.807) is 28.0 Å². The van der Waals surface area contributed by atoms with E-state index in [2.05, 4.69) is 20.7 Å². The van der Waals surface area contributed by atoms with E-state index in [1.807, 2.05) is 12.0 Å². The van der Waals surface area contributed by atoms with E-state index >= 15 is 0 Å². The molecule has 2 aliphatic heterocycles. The van der Waals surface area contributed by atoms with Crippen LogP contribution >= 0.6 is 0 Å². The molecule has 3 amide bonds. The van der Waals surface area contributed by atoms with Crippen LogP contribution in [-0.4, -0.2) is 93.0 Å². The van der Waals surface area contributed by atoms with Gasteiger partial charge in [0.05, 0.1) is 35.5 Å². The highest BCUT2D eigenvalue weighted by Crippen LogP contribution is 2.38. The van der Waals surface area contributed by atoms with Gasteiger partial charge in [-0.3, -0.25) is 19.5 Å². The number of carbonyl (C=O) groups excluding carboxylic acids is 3. The largest absolute Gasteiger partial charge is 0.435 e. The van der Waals surface area contributed by atoms with Gasteiger partial charge in [-0.2, -0.15) is 18.3 Å². The monoisotopic (exact) mass is 636 g/mol. The summed E-state index contributed by atoms with van der Waals surface area (Å²) in [4.78, 5) is 46.7. The topological polar surface area (TPSA) is 128 Å². The molecule has 0 saturated carbocycles. The van der Waals surface area contributed by atoms with Crippen LogP contribution in [0.15, 0.2) is 24.4 Å². The Labute approximate surface area is 255 Å². The lowest BCUT2D eigenvalue weighted by atomic mass is 10.0. The van der Waals surface area contributed by atoms with Gasteiger partial charge in [0.1, 0.15) is 0 Å². The van der Waals surface area contributed by atoms with E-state index in [-0.39, 0.29) is 29.3 Å². The molecule has 2 aromatic heterocycles. The molecule has 3 aromatic rings. The van der Waals surface area contributed by atoms with Crippen LogP contribution in [0.25, 0.3) is 11.3 Å². The third-order valence-corrected chi connectivity index (χ3v) is 8.18. The number of hydrogen-bond acceptors (Lipinski definition) is 6. The maximum atomic E-state index is 13.6. The van der Waals surface area contributed by atoms with Crippen LogP contribution in [-0.2, 0) is 30.9 Å². The number of amides is 3. The Balaban J connectivity index is 1.29. The summed E-state index contributed by atoms with van der Waals surface area (Å²) in [6, 6.07) is 4.78. The van der Waals surface area contributed by atoms with Crippen LogP contribution in [0.1, 0.15) is 51.3 Å². The second-order valence-electron chi connectivity index (χ2n) is 11.0. The first-order valence-electron chi connectivity index (χ1n) is 14.6. The Hall–Kier alpha value is -4.34. The zero-order valence-electron chi connectivity index (χ0n) is 24.7. The molecule has 2 aliphatic rings. The van der Waals surface area contributed by atoms with Crippen LogP contribution in [0.2, 0.25) is 0 Å². The highest BCUT2D eigenvalue weighted by Gasteiger charge is 2.40. The first-order chi connectivity index (χ1) is 21.4. The zero-order valence-corrected chi connectivity index (χ0v) is 24.7. The summed E-state index contributed by atoms with van der Waals surface area (Å²) in [5.74, 6) is -1.12. The van der Waals surface area contributed by atoms with Crippen molar-refractivity contribution >= 4 is 23.4 Å². The van der Waals surface area contributed by atoms with Crippen LogP contribution in [0.5, 0.6) is 0 Å². The molecule has 3 N–H and O–H groups in total. The second-order valence-corrected chi connectivity index (χ2v) is 11.0. The molecular formula is C29H33F5N8O3. The van der Waals surface area contributed by atoms with Crippen molar-refractivity contribution in [3.63, 3.8) is 0 Å². The van der Waals surface area contributed by atoms with Gasteiger partial charge in [0, 0.05) is 51.0 Å². The fourth-order valence-corrected chi connectivity index (χ4v) is 5.80. The average Bonchev–Trinajstić information content (AvgIpc) is 3.76.